The normalized spacial score (nSPS) is 26.0. The van der Waals surface area contributed by atoms with Gasteiger partial charge in [0.15, 0.2) is 0 Å². The zero-order chi connectivity index (χ0) is 11.4. The molecule has 1 unspecified atom stereocenters. The van der Waals surface area contributed by atoms with Crippen molar-refractivity contribution in [2.75, 3.05) is 13.2 Å². The van der Waals surface area contributed by atoms with Crippen LogP contribution in [0.5, 0.6) is 0 Å². The van der Waals surface area contributed by atoms with Gasteiger partial charge in [-0.15, -0.1) is 0 Å². The van der Waals surface area contributed by atoms with E-state index >= 15 is 0 Å². The highest BCUT2D eigenvalue weighted by molar-refractivity contribution is 5.17. The predicted octanol–water partition coefficient (Wildman–Crippen LogP) is 2.36. The second kappa shape index (κ2) is 5.19. The van der Waals surface area contributed by atoms with Crippen LogP contribution in [0.3, 0.4) is 0 Å². The van der Waals surface area contributed by atoms with E-state index in [1.807, 2.05) is 6.26 Å². The molecule has 2 aliphatic rings. The van der Waals surface area contributed by atoms with Crippen molar-refractivity contribution in [1.29, 1.82) is 0 Å². The van der Waals surface area contributed by atoms with Gasteiger partial charge in [0, 0.05) is 6.61 Å². The highest BCUT2D eigenvalue weighted by Crippen LogP contribution is 2.38. The van der Waals surface area contributed by atoms with Crippen molar-refractivity contribution < 1.29 is 9.47 Å². The third kappa shape index (κ3) is 2.25. The molecule has 0 aromatic heterocycles. The van der Waals surface area contributed by atoms with Crippen molar-refractivity contribution in [1.82, 2.24) is 0 Å². The molecule has 0 bridgehead atoms. The first kappa shape index (κ1) is 11.9. The Morgan fingerprint density at radius 2 is 2.19 bits per heavy atom. The Bertz CT molecular complexity index is 257. The third-order valence-electron chi connectivity index (χ3n) is 3.81. The van der Waals surface area contributed by atoms with Gasteiger partial charge in [0.1, 0.15) is 0 Å². The minimum Gasteiger partial charge on any atom is -0.501 e. The Morgan fingerprint density at radius 3 is 2.75 bits per heavy atom. The number of hydrogen-bond donors (Lipinski definition) is 1. The minimum absolute atomic E-state index is 0.0234. The molecular weight excluding hydrogens is 202 g/mol. The summed E-state index contributed by atoms with van der Waals surface area (Å²) in [4.78, 5) is 0. The Kier molecular flexibility index (Phi) is 3.87. The summed E-state index contributed by atoms with van der Waals surface area (Å²) in [5.41, 5.74) is 7.53. The average molecular weight is 225 g/mol. The molecule has 2 rings (SSSR count). The lowest BCUT2D eigenvalue weighted by atomic mass is 9.85. The van der Waals surface area contributed by atoms with Gasteiger partial charge in [-0.1, -0.05) is 12.8 Å². The van der Waals surface area contributed by atoms with Gasteiger partial charge in [-0.2, -0.15) is 0 Å². The van der Waals surface area contributed by atoms with Crippen molar-refractivity contribution in [3.8, 4) is 0 Å². The molecule has 1 atom stereocenters. The topological polar surface area (TPSA) is 44.5 Å². The molecule has 3 nitrogen and oxygen atoms in total. The predicted molar refractivity (Wildman–Crippen MR) is 64.1 cm³/mol. The highest BCUT2D eigenvalue weighted by Gasteiger charge is 2.42. The Balaban J connectivity index is 2.09. The first-order valence-corrected chi connectivity index (χ1v) is 6.48. The fraction of sp³-hybridized carbons (Fsp3) is 0.846. The zero-order valence-corrected chi connectivity index (χ0v) is 10.2. The van der Waals surface area contributed by atoms with Gasteiger partial charge in [0.2, 0.25) is 0 Å². The van der Waals surface area contributed by atoms with Crippen LogP contribution in [0.25, 0.3) is 0 Å². The quantitative estimate of drug-likeness (QED) is 0.798. The summed E-state index contributed by atoms with van der Waals surface area (Å²) in [6.45, 7) is 3.64. The van der Waals surface area contributed by atoms with Crippen molar-refractivity contribution in [3.63, 3.8) is 0 Å². The number of hydrogen-bond acceptors (Lipinski definition) is 3. The van der Waals surface area contributed by atoms with Crippen molar-refractivity contribution >= 4 is 0 Å². The Hall–Kier alpha value is -0.540. The second-order valence-corrected chi connectivity index (χ2v) is 4.85. The van der Waals surface area contributed by atoms with Gasteiger partial charge >= 0.3 is 0 Å². The van der Waals surface area contributed by atoms with Gasteiger partial charge in [0.05, 0.1) is 24.5 Å². The van der Waals surface area contributed by atoms with Gasteiger partial charge in [0.25, 0.3) is 0 Å². The van der Waals surface area contributed by atoms with Gasteiger partial charge in [-0.05, 0) is 38.2 Å². The molecule has 0 spiro atoms. The fourth-order valence-electron chi connectivity index (χ4n) is 2.96. The summed E-state index contributed by atoms with van der Waals surface area (Å²) in [6.07, 6.45) is 8.69. The monoisotopic (exact) mass is 225 g/mol. The molecular formula is C13H23NO2. The molecule has 0 radical (unpaired) electrons. The van der Waals surface area contributed by atoms with Crippen LogP contribution in [0.15, 0.2) is 11.8 Å². The molecule has 16 heavy (non-hydrogen) atoms. The maximum atomic E-state index is 6.40. The smallest absolute Gasteiger partial charge is 0.0876 e. The van der Waals surface area contributed by atoms with E-state index in [-0.39, 0.29) is 11.6 Å². The molecule has 2 N–H and O–H groups in total. The van der Waals surface area contributed by atoms with Crippen LogP contribution in [-0.2, 0) is 9.47 Å². The second-order valence-electron chi connectivity index (χ2n) is 4.85. The Morgan fingerprint density at radius 1 is 1.44 bits per heavy atom. The highest BCUT2D eigenvalue weighted by atomic mass is 16.5. The Labute approximate surface area is 98.0 Å². The van der Waals surface area contributed by atoms with Crippen LogP contribution in [0, 0.1) is 0 Å². The standard InChI is InChI=1S/C13H23NO2/c1-2-16-13(7-3-4-8-13)12(14)11-6-5-9-15-10-11/h10,12H,2-9,14H2,1H3. The summed E-state index contributed by atoms with van der Waals surface area (Å²) < 4.78 is 11.4. The van der Waals surface area contributed by atoms with E-state index in [4.69, 9.17) is 15.2 Å². The van der Waals surface area contributed by atoms with E-state index in [0.717, 1.165) is 38.9 Å². The van der Waals surface area contributed by atoms with Crippen LogP contribution in [0.4, 0.5) is 0 Å². The lowest BCUT2D eigenvalue weighted by Crippen LogP contribution is -2.49. The van der Waals surface area contributed by atoms with Crippen LogP contribution >= 0.6 is 0 Å². The summed E-state index contributed by atoms with van der Waals surface area (Å²) >= 11 is 0. The first-order chi connectivity index (χ1) is 7.78. The van der Waals surface area contributed by atoms with E-state index < -0.39 is 0 Å². The van der Waals surface area contributed by atoms with Crippen LogP contribution in [-0.4, -0.2) is 24.9 Å². The molecule has 92 valence electrons. The first-order valence-electron chi connectivity index (χ1n) is 6.48. The molecule has 1 heterocycles. The maximum absolute atomic E-state index is 6.40. The summed E-state index contributed by atoms with van der Waals surface area (Å²) in [6, 6.07) is 0.0234. The lowest BCUT2D eigenvalue weighted by molar-refractivity contribution is -0.0467. The largest absolute Gasteiger partial charge is 0.501 e. The van der Waals surface area contributed by atoms with Crippen LogP contribution < -0.4 is 5.73 Å². The maximum Gasteiger partial charge on any atom is 0.0876 e. The summed E-state index contributed by atoms with van der Waals surface area (Å²) in [7, 11) is 0. The number of nitrogens with two attached hydrogens (primary N) is 1. The molecule has 1 fully saturated rings. The number of rotatable bonds is 4. The van der Waals surface area contributed by atoms with Crippen LogP contribution in [0.2, 0.25) is 0 Å². The molecule has 1 aliphatic heterocycles. The van der Waals surface area contributed by atoms with Crippen molar-refractivity contribution in [2.45, 2.75) is 57.1 Å². The lowest BCUT2D eigenvalue weighted by Gasteiger charge is -2.37. The van der Waals surface area contributed by atoms with E-state index in [9.17, 15) is 0 Å². The molecule has 0 aromatic rings. The minimum atomic E-state index is -0.110. The fourth-order valence-corrected chi connectivity index (χ4v) is 2.96. The SMILES string of the molecule is CCOC1(C(N)C2=COCCC2)CCCC1. The summed E-state index contributed by atoms with van der Waals surface area (Å²) in [5.74, 6) is 0. The van der Waals surface area contributed by atoms with E-state index in [1.54, 1.807) is 0 Å². The van der Waals surface area contributed by atoms with Gasteiger partial charge in [-0.3, -0.25) is 0 Å². The van der Waals surface area contributed by atoms with Crippen molar-refractivity contribution in [3.05, 3.63) is 11.8 Å². The third-order valence-corrected chi connectivity index (χ3v) is 3.81. The van der Waals surface area contributed by atoms with E-state index in [1.165, 1.54) is 18.4 Å². The molecule has 1 saturated carbocycles. The van der Waals surface area contributed by atoms with E-state index in [2.05, 4.69) is 6.92 Å². The van der Waals surface area contributed by atoms with E-state index in [0.29, 0.717) is 0 Å². The molecule has 0 aromatic carbocycles. The molecule has 0 amide bonds. The van der Waals surface area contributed by atoms with Gasteiger partial charge in [-0.25, -0.2) is 0 Å². The van der Waals surface area contributed by atoms with Crippen molar-refractivity contribution in [2.24, 2.45) is 5.73 Å². The van der Waals surface area contributed by atoms with Gasteiger partial charge < -0.3 is 15.2 Å². The number of ether oxygens (including phenoxy) is 2. The zero-order valence-electron chi connectivity index (χ0n) is 10.2. The molecule has 3 heteroatoms. The molecule has 0 saturated heterocycles. The molecule has 1 aliphatic carbocycles. The summed E-state index contributed by atoms with van der Waals surface area (Å²) in [5, 5.41) is 0. The van der Waals surface area contributed by atoms with Crippen LogP contribution in [0.1, 0.15) is 45.4 Å². The average Bonchev–Trinajstić information content (AvgIpc) is 2.80.